The van der Waals surface area contributed by atoms with Crippen LogP contribution in [0.2, 0.25) is 0 Å². The largest absolute Gasteiger partial charge is 0.395 e. The molecule has 0 saturated heterocycles. The smallest absolute Gasteiger partial charge is 0.248 e. The number of aliphatic hydroxyl groups is 1. The Kier molecular flexibility index (Phi) is 7.34. The average molecular weight is 231 g/mol. The molecule has 0 spiro atoms. The SMILES string of the molecule is CCCCN(CCO)C(=O)COC(C)(C)C. The highest BCUT2D eigenvalue weighted by molar-refractivity contribution is 5.77. The lowest BCUT2D eigenvalue weighted by atomic mass is 10.2. The third-order valence-electron chi connectivity index (χ3n) is 2.13. The molecule has 0 radical (unpaired) electrons. The molecule has 16 heavy (non-hydrogen) atoms. The van der Waals surface area contributed by atoms with E-state index in [1.54, 1.807) is 4.90 Å². The van der Waals surface area contributed by atoms with Crippen molar-refractivity contribution in [3.63, 3.8) is 0 Å². The fraction of sp³-hybridized carbons (Fsp3) is 0.917. The van der Waals surface area contributed by atoms with Gasteiger partial charge in [0, 0.05) is 13.1 Å². The molecule has 0 aromatic rings. The van der Waals surface area contributed by atoms with Gasteiger partial charge in [0.1, 0.15) is 6.61 Å². The van der Waals surface area contributed by atoms with Gasteiger partial charge in [-0.3, -0.25) is 4.79 Å². The number of unbranched alkanes of at least 4 members (excludes halogenated alkanes) is 1. The number of carbonyl (C=O) groups is 1. The second-order valence-electron chi connectivity index (χ2n) is 4.86. The number of hydrogen-bond donors (Lipinski definition) is 1. The van der Waals surface area contributed by atoms with Gasteiger partial charge < -0.3 is 14.7 Å². The highest BCUT2D eigenvalue weighted by Crippen LogP contribution is 2.07. The summed E-state index contributed by atoms with van der Waals surface area (Å²) in [5.41, 5.74) is -0.300. The van der Waals surface area contributed by atoms with E-state index in [-0.39, 0.29) is 24.7 Å². The van der Waals surface area contributed by atoms with Crippen molar-refractivity contribution in [3.05, 3.63) is 0 Å². The molecule has 4 heteroatoms. The van der Waals surface area contributed by atoms with Crippen LogP contribution in [0.1, 0.15) is 40.5 Å². The molecule has 4 nitrogen and oxygen atoms in total. The molecule has 0 aromatic carbocycles. The first kappa shape index (κ1) is 15.4. The van der Waals surface area contributed by atoms with E-state index in [0.29, 0.717) is 13.1 Å². The maximum absolute atomic E-state index is 11.8. The minimum atomic E-state index is -0.300. The Morgan fingerprint density at radius 2 is 1.94 bits per heavy atom. The van der Waals surface area contributed by atoms with Crippen LogP contribution in [0, 0.1) is 0 Å². The molecule has 0 rings (SSSR count). The van der Waals surface area contributed by atoms with Gasteiger partial charge in [-0.2, -0.15) is 0 Å². The van der Waals surface area contributed by atoms with E-state index in [1.165, 1.54) is 0 Å². The third kappa shape index (κ3) is 7.65. The number of nitrogens with zero attached hydrogens (tertiary/aromatic N) is 1. The number of rotatable bonds is 7. The number of carbonyl (C=O) groups excluding carboxylic acids is 1. The van der Waals surface area contributed by atoms with E-state index in [1.807, 2.05) is 20.8 Å². The fourth-order valence-corrected chi connectivity index (χ4v) is 1.20. The van der Waals surface area contributed by atoms with E-state index < -0.39 is 0 Å². The predicted molar refractivity (Wildman–Crippen MR) is 64.3 cm³/mol. The van der Waals surface area contributed by atoms with Gasteiger partial charge in [0.05, 0.1) is 12.2 Å². The molecule has 0 aliphatic rings. The number of amides is 1. The Bertz CT molecular complexity index is 199. The molecule has 0 unspecified atom stereocenters. The molecule has 0 aromatic heterocycles. The molecule has 0 bridgehead atoms. The van der Waals surface area contributed by atoms with Crippen LogP contribution in [0.3, 0.4) is 0 Å². The lowest BCUT2D eigenvalue weighted by Crippen LogP contribution is -2.38. The van der Waals surface area contributed by atoms with Gasteiger partial charge in [0.2, 0.25) is 5.91 Å². The van der Waals surface area contributed by atoms with E-state index in [9.17, 15) is 4.79 Å². The summed E-state index contributed by atoms with van der Waals surface area (Å²) < 4.78 is 5.43. The van der Waals surface area contributed by atoms with Crippen LogP contribution in [-0.2, 0) is 9.53 Å². The summed E-state index contributed by atoms with van der Waals surface area (Å²) in [5, 5.41) is 8.88. The summed E-state index contributed by atoms with van der Waals surface area (Å²) in [7, 11) is 0. The monoisotopic (exact) mass is 231 g/mol. The zero-order valence-corrected chi connectivity index (χ0v) is 11.0. The zero-order valence-electron chi connectivity index (χ0n) is 11.0. The average Bonchev–Trinajstić information content (AvgIpc) is 2.19. The zero-order chi connectivity index (χ0) is 12.6. The first-order chi connectivity index (χ1) is 7.40. The minimum Gasteiger partial charge on any atom is -0.395 e. The summed E-state index contributed by atoms with van der Waals surface area (Å²) in [6.07, 6.45) is 2.00. The lowest BCUT2D eigenvalue weighted by Gasteiger charge is -2.25. The molecule has 0 saturated carbocycles. The Morgan fingerprint density at radius 3 is 2.38 bits per heavy atom. The van der Waals surface area contributed by atoms with Crippen molar-refractivity contribution in [3.8, 4) is 0 Å². The van der Waals surface area contributed by atoms with Gasteiger partial charge in [-0.05, 0) is 27.2 Å². The van der Waals surface area contributed by atoms with Crippen molar-refractivity contribution in [1.29, 1.82) is 0 Å². The van der Waals surface area contributed by atoms with Gasteiger partial charge in [-0.15, -0.1) is 0 Å². The Morgan fingerprint density at radius 1 is 1.31 bits per heavy atom. The van der Waals surface area contributed by atoms with E-state index in [0.717, 1.165) is 12.8 Å². The molecule has 0 aliphatic carbocycles. The van der Waals surface area contributed by atoms with Gasteiger partial charge in [0.25, 0.3) is 0 Å². The topological polar surface area (TPSA) is 49.8 Å². The van der Waals surface area contributed by atoms with Crippen LogP contribution in [0.5, 0.6) is 0 Å². The van der Waals surface area contributed by atoms with Crippen molar-refractivity contribution >= 4 is 5.91 Å². The molecule has 0 aliphatic heterocycles. The Hall–Kier alpha value is -0.610. The molecular formula is C12H25NO3. The molecule has 1 N–H and O–H groups in total. The molecule has 0 fully saturated rings. The van der Waals surface area contributed by atoms with Crippen LogP contribution >= 0.6 is 0 Å². The maximum atomic E-state index is 11.8. The fourth-order valence-electron chi connectivity index (χ4n) is 1.20. The van der Waals surface area contributed by atoms with Crippen LogP contribution in [0.15, 0.2) is 0 Å². The highest BCUT2D eigenvalue weighted by atomic mass is 16.5. The molecule has 96 valence electrons. The molecule has 0 heterocycles. The Balaban J connectivity index is 4.05. The standard InChI is InChI=1S/C12H25NO3/c1-5-6-7-13(8-9-14)11(15)10-16-12(2,3)4/h14H,5-10H2,1-4H3. The first-order valence-electron chi connectivity index (χ1n) is 5.93. The third-order valence-corrected chi connectivity index (χ3v) is 2.13. The quantitative estimate of drug-likeness (QED) is 0.721. The second kappa shape index (κ2) is 7.63. The van der Waals surface area contributed by atoms with Gasteiger partial charge in [-0.1, -0.05) is 13.3 Å². The molecule has 0 atom stereocenters. The van der Waals surface area contributed by atoms with E-state index >= 15 is 0 Å². The summed E-state index contributed by atoms with van der Waals surface area (Å²) >= 11 is 0. The van der Waals surface area contributed by atoms with Crippen molar-refractivity contribution in [2.75, 3.05) is 26.3 Å². The molecule has 1 amide bonds. The molecular weight excluding hydrogens is 206 g/mol. The first-order valence-corrected chi connectivity index (χ1v) is 5.93. The lowest BCUT2D eigenvalue weighted by molar-refractivity contribution is -0.141. The van der Waals surface area contributed by atoms with Crippen LogP contribution in [0.4, 0.5) is 0 Å². The summed E-state index contributed by atoms with van der Waals surface area (Å²) in [6.45, 7) is 9.02. The summed E-state index contributed by atoms with van der Waals surface area (Å²) in [6, 6.07) is 0. The van der Waals surface area contributed by atoms with E-state index in [2.05, 4.69) is 6.92 Å². The number of ether oxygens (including phenoxy) is 1. The van der Waals surface area contributed by atoms with Crippen molar-refractivity contribution in [1.82, 2.24) is 4.90 Å². The van der Waals surface area contributed by atoms with Crippen LogP contribution in [0.25, 0.3) is 0 Å². The van der Waals surface area contributed by atoms with E-state index in [4.69, 9.17) is 9.84 Å². The summed E-state index contributed by atoms with van der Waals surface area (Å²) in [5.74, 6) is -0.0441. The van der Waals surface area contributed by atoms with Gasteiger partial charge in [-0.25, -0.2) is 0 Å². The number of hydrogen-bond acceptors (Lipinski definition) is 3. The van der Waals surface area contributed by atoms with Gasteiger partial charge >= 0.3 is 0 Å². The van der Waals surface area contributed by atoms with Gasteiger partial charge in [0.15, 0.2) is 0 Å². The van der Waals surface area contributed by atoms with Crippen molar-refractivity contribution < 1.29 is 14.6 Å². The maximum Gasteiger partial charge on any atom is 0.248 e. The summed E-state index contributed by atoms with van der Waals surface area (Å²) in [4.78, 5) is 13.4. The predicted octanol–water partition coefficient (Wildman–Crippen LogP) is 1.42. The Labute approximate surface area is 98.6 Å². The van der Waals surface area contributed by atoms with Crippen LogP contribution in [-0.4, -0.2) is 47.8 Å². The van der Waals surface area contributed by atoms with Crippen molar-refractivity contribution in [2.45, 2.75) is 46.1 Å². The second-order valence-corrected chi connectivity index (χ2v) is 4.86. The van der Waals surface area contributed by atoms with Crippen molar-refractivity contribution in [2.24, 2.45) is 0 Å². The van der Waals surface area contributed by atoms with Crippen LogP contribution < -0.4 is 0 Å². The highest BCUT2D eigenvalue weighted by Gasteiger charge is 2.17. The number of aliphatic hydroxyl groups excluding tert-OH is 1. The normalized spacial score (nSPS) is 11.6. The minimum absolute atomic E-state index is 0.00493.